The maximum Gasteiger partial charge on any atom is 0.306 e. The summed E-state index contributed by atoms with van der Waals surface area (Å²) in [6, 6.07) is 9.75. The van der Waals surface area contributed by atoms with Crippen LogP contribution in [0.5, 0.6) is 0 Å². The molecule has 0 amide bonds. The van der Waals surface area contributed by atoms with Gasteiger partial charge in [-0.3, -0.25) is 4.79 Å². The second kappa shape index (κ2) is 8.57. The van der Waals surface area contributed by atoms with E-state index in [1.165, 1.54) is 0 Å². The van der Waals surface area contributed by atoms with Gasteiger partial charge in [0.25, 0.3) is 0 Å². The van der Waals surface area contributed by atoms with Gasteiger partial charge in [0.2, 0.25) is 0 Å². The molecule has 0 radical (unpaired) electrons. The number of carbonyl (C=O) groups excluding carboxylic acids is 1. The molecule has 92 valence electrons. The zero-order valence-electron chi connectivity index (χ0n) is 10.4. The van der Waals surface area contributed by atoms with Gasteiger partial charge in [-0.25, -0.2) is 0 Å². The number of ether oxygens (including phenoxy) is 1. The SMILES string of the molecule is CC/C=C\CCCC(=O)OCc1ccccc1. The van der Waals surface area contributed by atoms with E-state index in [2.05, 4.69) is 19.1 Å². The zero-order valence-corrected chi connectivity index (χ0v) is 10.4. The molecule has 0 spiro atoms. The van der Waals surface area contributed by atoms with Crippen molar-refractivity contribution in [1.82, 2.24) is 0 Å². The maximum absolute atomic E-state index is 11.4. The molecule has 0 aromatic heterocycles. The molecule has 1 aromatic carbocycles. The number of hydrogen-bond acceptors (Lipinski definition) is 2. The summed E-state index contributed by atoms with van der Waals surface area (Å²) in [6.45, 7) is 2.48. The minimum atomic E-state index is -0.112. The molecule has 0 N–H and O–H groups in total. The van der Waals surface area contributed by atoms with Crippen molar-refractivity contribution in [3.63, 3.8) is 0 Å². The van der Waals surface area contributed by atoms with Gasteiger partial charge in [-0.2, -0.15) is 0 Å². The number of hydrogen-bond donors (Lipinski definition) is 0. The molecular weight excluding hydrogens is 212 g/mol. The Kier molecular flexibility index (Phi) is 6.80. The van der Waals surface area contributed by atoms with Crippen molar-refractivity contribution in [2.45, 2.75) is 39.2 Å². The molecule has 0 aliphatic heterocycles. The van der Waals surface area contributed by atoms with E-state index in [4.69, 9.17) is 4.74 Å². The molecule has 0 saturated carbocycles. The van der Waals surface area contributed by atoms with Gasteiger partial charge in [-0.1, -0.05) is 49.4 Å². The Hall–Kier alpha value is -1.57. The number of allylic oxidation sites excluding steroid dienone is 2. The topological polar surface area (TPSA) is 26.3 Å². The van der Waals surface area contributed by atoms with Crippen molar-refractivity contribution in [2.75, 3.05) is 0 Å². The quantitative estimate of drug-likeness (QED) is 0.405. The molecule has 0 bridgehead atoms. The zero-order chi connectivity index (χ0) is 12.3. The van der Waals surface area contributed by atoms with Gasteiger partial charge < -0.3 is 4.74 Å². The Bertz CT molecular complexity index is 341. The van der Waals surface area contributed by atoms with Crippen LogP contribution >= 0.6 is 0 Å². The van der Waals surface area contributed by atoms with Crippen LogP contribution in [0.15, 0.2) is 42.5 Å². The fraction of sp³-hybridized carbons (Fsp3) is 0.400. The summed E-state index contributed by atoms with van der Waals surface area (Å²) in [5.74, 6) is -0.112. The van der Waals surface area contributed by atoms with Gasteiger partial charge in [0, 0.05) is 6.42 Å². The van der Waals surface area contributed by atoms with E-state index in [1.54, 1.807) is 0 Å². The maximum atomic E-state index is 11.4. The summed E-state index contributed by atoms with van der Waals surface area (Å²) >= 11 is 0. The van der Waals surface area contributed by atoms with Crippen molar-refractivity contribution in [2.24, 2.45) is 0 Å². The van der Waals surface area contributed by atoms with Crippen molar-refractivity contribution in [3.05, 3.63) is 48.0 Å². The standard InChI is InChI=1S/C15H20O2/c1-2-3-4-5-9-12-15(16)17-13-14-10-7-6-8-11-14/h3-4,6-8,10-11H,2,5,9,12-13H2,1H3/b4-3-. The normalized spacial score (nSPS) is 10.6. The minimum absolute atomic E-state index is 0.112. The summed E-state index contributed by atoms with van der Waals surface area (Å²) in [5, 5.41) is 0. The van der Waals surface area contributed by atoms with Gasteiger partial charge in [-0.05, 0) is 24.8 Å². The fourth-order valence-electron chi connectivity index (χ4n) is 1.46. The first-order chi connectivity index (χ1) is 8.33. The average Bonchev–Trinajstić information content (AvgIpc) is 2.37. The van der Waals surface area contributed by atoms with Gasteiger partial charge in [0.1, 0.15) is 6.61 Å². The summed E-state index contributed by atoms with van der Waals surface area (Å²) in [4.78, 5) is 11.4. The molecule has 1 rings (SSSR count). The molecule has 0 heterocycles. The Morgan fingerprint density at radius 1 is 1.24 bits per heavy atom. The number of unbranched alkanes of at least 4 members (excludes halogenated alkanes) is 1. The lowest BCUT2D eigenvalue weighted by Gasteiger charge is -2.03. The second-order valence-electron chi connectivity index (χ2n) is 3.92. The second-order valence-corrected chi connectivity index (χ2v) is 3.92. The van der Waals surface area contributed by atoms with E-state index in [9.17, 15) is 4.79 Å². The van der Waals surface area contributed by atoms with Crippen molar-refractivity contribution in [1.29, 1.82) is 0 Å². The van der Waals surface area contributed by atoms with Gasteiger partial charge in [0.15, 0.2) is 0 Å². The van der Waals surface area contributed by atoms with Crippen molar-refractivity contribution in [3.8, 4) is 0 Å². The monoisotopic (exact) mass is 232 g/mol. The first kappa shape index (κ1) is 13.5. The largest absolute Gasteiger partial charge is 0.461 e. The summed E-state index contributed by atoms with van der Waals surface area (Å²) < 4.78 is 5.17. The van der Waals surface area contributed by atoms with Crippen LogP contribution in [-0.4, -0.2) is 5.97 Å². The third kappa shape index (κ3) is 6.56. The third-order valence-corrected chi connectivity index (χ3v) is 2.40. The molecule has 0 fully saturated rings. The van der Waals surface area contributed by atoms with Gasteiger partial charge in [0.05, 0.1) is 0 Å². The van der Waals surface area contributed by atoms with E-state index in [-0.39, 0.29) is 5.97 Å². The number of carbonyl (C=O) groups is 1. The van der Waals surface area contributed by atoms with E-state index < -0.39 is 0 Å². The first-order valence-corrected chi connectivity index (χ1v) is 6.17. The molecule has 17 heavy (non-hydrogen) atoms. The third-order valence-electron chi connectivity index (χ3n) is 2.40. The van der Waals surface area contributed by atoms with Crippen LogP contribution in [0, 0.1) is 0 Å². The Balaban J connectivity index is 2.11. The number of esters is 1. The lowest BCUT2D eigenvalue weighted by molar-refractivity contribution is -0.145. The fourth-order valence-corrected chi connectivity index (χ4v) is 1.46. The molecule has 0 aliphatic carbocycles. The lowest BCUT2D eigenvalue weighted by Crippen LogP contribution is -2.03. The molecule has 0 saturated heterocycles. The summed E-state index contributed by atoms with van der Waals surface area (Å²) in [5.41, 5.74) is 1.03. The summed E-state index contributed by atoms with van der Waals surface area (Å²) in [7, 11) is 0. The van der Waals surface area contributed by atoms with Crippen molar-refractivity contribution >= 4 is 5.97 Å². The predicted molar refractivity (Wildman–Crippen MR) is 69.5 cm³/mol. The molecule has 2 heteroatoms. The van der Waals surface area contributed by atoms with Crippen LogP contribution in [0.1, 0.15) is 38.2 Å². The average molecular weight is 232 g/mol. The van der Waals surface area contributed by atoms with E-state index in [0.717, 1.165) is 24.8 Å². The predicted octanol–water partition coefficient (Wildman–Crippen LogP) is 3.87. The van der Waals surface area contributed by atoms with Crippen molar-refractivity contribution < 1.29 is 9.53 Å². The highest BCUT2D eigenvalue weighted by molar-refractivity contribution is 5.69. The minimum Gasteiger partial charge on any atom is -0.461 e. The van der Waals surface area contributed by atoms with Crippen LogP contribution in [0.25, 0.3) is 0 Å². The van der Waals surface area contributed by atoms with Crippen LogP contribution in [0.2, 0.25) is 0 Å². The first-order valence-electron chi connectivity index (χ1n) is 6.17. The smallest absolute Gasteiger partial charge is 0.306 e. The highest BCUT2D eigenvalue weighted by Gasteiger charge is 2.01. The van der Waals surface area contributed by atoms with Crippen LogP contribution in [0.3, 0.4) is 0 Å². The van der Waals surface area contributed by atoms with Gasteiger partial charge in [-0.15, -0.1) is 0 Å². The van der Waals surface area contributed by atoms with E-state index in [0.29, 0.717) is 13.0 Å². The highest BCUT2D eigenvalue weighted by atomic mass is 16.5. The molecule has 0 aliphatic rings. The lowest BCUT2D eigenvalue weighted by atomic mass is 10.2. The molecule has 2 nitrogen and oxygen atoms in total. The Morgan fingerprint density at radius 3 is 2.71 bits per heavy atom. The Morgan fingerprint density at radius 2 is 2.00 bits per heavy atom. The molecule has 0 unspecified atom stereocenters. The van der Waals surface area contributed by atoms with Gasteiger partial charge >= 0.3 is 5.97 Å². The Labute approximate surface area is 103 Å². The molecule has 1 aromatic rings. The van der Waals surface area contributed by atoms with E-state index in [1.807, 2.05) is 30.3 Å². The number of rotatable bonds is 7. The molecule has 0 atom stereocenters. The van der Waals surface area contributed by atoms with Crippen LogP contribution in [0.4, 0.5) is 0 Å². The van der Waals surface area contributed by atoms with E-state index >= 15 is 0 Å². The summed E-state index contributed by atoms with van der Waals surface area (Å²) in [6.07, 6.45) is 7.61. The van der Waals surface area contributed by atoms with Crippen LogP contribution < -0.4 is 0 Å². The van der Waals surface area contributed by atoms with Crippen LogP contribution in [-0.2, 0) is 16.1 Å². The number of benzene rings is 1. The molecular formula is C15H20O2. The highest BCUT2D eigenvalue weighted by Crippen LogP contribution is 2.04.